The molecule has 3 heteroatoms. The Labute approximate surface area is 46.9 Å². The van der Waals surface area contributed by atoms with Crippen molar-refractivity contribution in [3.05, 3.63) is 11.5 Å². The molecule has 8 heavy (non-hydrogen) atoms. The quantitative estimate of drug-likeness (QED) is 0.464. The van der Waals surface area contributed by atoms with Crippen molar-refractivity contribution < 1.29 is 14.3 Å². The van der Waals surface area contributed by atoms with Crippen LogP contribution in [-0.4, -0.2) is 13.1 Å². The summed E-state index contributed by atoms with van der Waals surface area (Å²) in [5.41, 5.74) is 0. The van der Waals surface area contributed by atoms with Crippen molar-refractivity contribution >= 4 is 5.97 Å². The molecule has 0 saturated heterocycles. The largest absolute Gasteiger partial charge is 0.463 e. The van der Waals surface area contributed by atoms with Crippen molar-refractivity contribution in [3.8, 4) is 0 Å². The van der Waals surface area contributed by atoms with Crippen LogP contribution in [0.2, 0.25) is 0 Å². The van der Waals surface area contributed by atoms with E-state index in [0.717, 1.165) is 0 Å². The van der Waals surface area contributed by atoms with Crippen molar-refractivity contribution in [1.29, 1.82) is 0 Å². The van der Waals surface area contributed by atoms with Crippen molar-refractivity contribution in [2.24, 2.45) is 0 Å². The minimum Gasteiger partial charge on any atom is -0.463 e. The first-order valence-electron chi connectivity index (χ1n) is 2.22. The first-order chi connectivity index (χ1) is 3.75. The van der Waals surface area contributed by atoms with E-state index in [0.29, 0.717) is 11.5 Å². The number of carbonyl (C=O) groups is 1. The van der Waals surface area contributed by atoms with Gasteiger partial charge in [-0.05, 0) is 6.92 Å². The van der Waals surface area contributed by atoms with Crippen molar-refractivity contribution in [2.75, 3.05) is 7.11 Å². The Balaban J connectivity index is 2.51. The van der Waals surface area contributed by atoms with Crippen LogP contribution in [-0.2, 0) is 14.3 Å². The first kappa shape index (κ1) is 5.15. The average Bonchev–Trinajstić information content (AvgIpc) is 2.45. The molecule has 0 amide bonds. The number of esters is 1. The summed E-state index contributed by atoms with van der Waals surface area (Å²) >= 11 is 0. The summed E-state index contributed by atoms with van der Waals surface area (Å²) in [6.07, 6.45) is 0. The van der Waals surface area contributed by atoms with Gasteiger partial charge >= 0.3 is 5.97 Å². The van der Waals surface area contributed by atoms with E-state index in [4.69, 9.17) is 0 Å². The molecule has 0 radical (unpaired) electrons. The number of ether oxygens (including phenoxy) is 2. The maximum absolute atomic E-state index is 10.4. The molecule has 0 saturated carbocycles. The molecule has 0 aromatic heterocycles. The van der Waals surface area contributed by atoms with Crippen LogP contribution in [0.25, 0.3) is 0 Å². The average molecular weight is 114 g/mol. The molecule has 1 aliphatic heterocycles. The van der Waals surface area contributed by atoms with Crippen LogP contribution in [0, 0.1) is 0 Å². The van der Waals surface area contributed by atoms with Gasteiger partial charge in [-0.2, -0.15) is 0 Å². The van der Waals surface area contributed by atoms with Crippen LogP contribution in [0.4, 0.5) is 0 Å². The van der Waals surface area contributed by atoms with E-state index in [1.807, 2.05) is 0 Å². The van der Waals surface area contributed by atoms with Gasteiger partial charge in [0.1, 0.15) is 0 Å². The Morgan fingerprint density at radius 2 is 2.25 bits per heavy atom. The van der Waals surface area contributed by atoms with Gasteiger partial charge in [-0.25, -0.2) is 4.79 Å². The Morgan fingerprint density at radius 3 is 2.38 bits per heavy atom. The molecule has 0 bridgehead atoms. The highest BCUT2D eigenvalue weighted by Gasteiger charge is 2.28. The number of carbonyl (C=O) groups excluding carboxylic acids is 1. The summed E-state index contributed by atoms with van der Waals surface area (Å²) in [6.45, 7) is 1.71. The molecule has 1 heterocycles. The highest BCUT2D eigenvalue weighted by atomic mass is 16.6. The van der Waals surface area contributed by atoms with Gasteiger partial charge in [0.05, 0.1) is 7.11 Å². The van der Waals surface area contributed by atoms with Gasteiger partial charge in [0, 0.05) is 0 Å². The Bertz CT molecular complexity index is 157. The van der Waals surface area contributed by atoms with Crippen molar-refractivity contribution in [2.45, 2.75) is 6.92 Å². The number of methoxy groups -OCH3 is 1. The van der Waals surface area contributed by atoms with E-state index >= 15 is 0 Å². The van der Waals surface area contributed by atoms with Crippen LogP contribution in [0.15, 0.2) is 11.5 Å². The Morgan fingerprint density at radius 1 is 1.75 bits per heavy atom. The maximum Gasteiger partial charge on any atom is 0.377 e. The van der Waals surface area contributed by atoms with Crippen LogP contribution in [0.1, 0.15) is 6.92 Å². The summed E-state index contributed by atoms with van der Waals surface area (Å²) in [7, 11) is 1.32. The second-order valence-corrected chi connectivity index (χ2v) is 1.48. The molecule has 0 atom stereocenters. The smallest absolute Gasteiger partial charge is 0.377 e. The van der Waals surface area contributed by atoms with Gasteiger partial charge in [0.25, 0.3) is 0 Å². The van der Waals surface area contributed by atoms with Gasteiger partial charge in [-0.3, -0.25) is 0 Å². The third kappa shape index (κ3) is 0.665. The van der Waals surface area contributed by atoms with E-state index in [1.165, 1.54) is 7.11 Å². The van der Waals surface area contributed by atoms with Crippen LogP contribution in [0.3, 0.4) is 0 Å². The monoisotopic (exact) mass is 114 g/mol. The van der Waals surface area contributed by atoms with E-state index < -0.39 is 0 Å². The fourth-order valence-electron chi connectivity index (χ4n) is 0.406. The molecular formula is C5H6O3. The van der Waals surface area contributed by atoms with Gasteiger partial charge in [-0.1, -0.05) is 0 Å². The topological polar surface area (TPSA) is 38.8 Å². The van der Waals surface area contributed by atoms with Crippen LogP contribution >= 0.6 is 0 Å². The predicted octanol–water partition coefficient (Wildman–Crippen LogP) is 0.421. The molecular weight excluding hydrogens is 108 g/mol. The Hall–Kier alpha value is -0.990. The van der Waals surface area contributed by atoms with Crippen LogP contribution < -0.4 is 0 Å². The lowest BCUT2D eigenvalue weighted by atomic mass is 10.5. The molecule has 0 N–H and O–H groups in total. The second kappa shape index (κ2) is 1.51. The molecule has 1 aliphatic rings. The van der Waals surface area contributed by atoms with E-state index in [1.54, 1.807) is 6.92 Å². The van der Waals surface area contributed by atoms with Crippen molar-refractivity contribution in [3.63, 3.8) is 0 Å². The third-order valence-electron chi connectivity index (χ3n) is 0.904. The lowest BCUT2D eigenvalue weighted by Gasteiger charge is -1.84. The van der Waals surface area contributed by atoms with Gasteiger partial charge in [-0.15, -0.1) is 0 Å². The molecule has 0 fully saturated rings. The lowest BCUT2D eigenvalue weighted by Crippen LogP contribution is -1.96. The molecule has 0 aliphatic carbocycles. The normalized spacial score (nSPS) is 15.2. The van der Waals surface area contributed by atoms with Gasteiger partial charge < -0.3 is 9.47 Å². The SMILES string of the molecule is COC(=O)C1=C(C)O1. The fourth-order valence-corrected chi connectivity index (χ4v) is 0.406. The minimum atomic E-state index is -0.387. The molecule has 0 unspecified atom stereocenters. The molecule has 0 aromatic carbocycles. The zero-order chi connectivity index (χ0) is 6.15. The minimum absolute atomic E-state index is 0.354. The predicted molar refractivity (Wildman–Crippen MR) is 25.8 cm³/mol. The third-order valence-corrected chi connectivity index (χ3v) is 0.904. The maximum atomic E-state index is 10.4. The summed E-state index contributed by atoms with van der Waals surface area (Å²) in [5, 5.41) is 0. The zero-order valence-electron chi connectivity index (χ0n) is 4.72. The van der Waals surface area contributed by atoms with Crippen LogP contribution in [0.5, 0.6) is 0 Å². The Kier molecular flexibility index (Phi) is 0.970. The fraction of sp³-hybridized carbons (Fsp3) is 0.400. The molecule has 44 valence electrons. The summed E-state index contributed by atoms with van der Waals surface area (Å²) in [6, 6.07) is 0. The van der Waals surface area contributed by atoms with E-state index in [-0.39, 0.29) is 5.97 Å². The first-order valence-corrected chi connectivity index (χ1v) is 2.22. The molecule has 1 rings (SSSR count). The molecule has 0 aromatic rings. The summed E-state index contributed by atoms with van der Waals surface area (Å²) < 4.78 is 8.95. The summed E-state index contributed by atoms with van der Waals surface area (Å²) in [4.78, 5) is 10.4. The highest BCUT2D eigenvalue weighted by molar-refractivity contribution is 5.90. The number of allylic oxidation sites excluding steroid dienone is 1. The zero-order valence-corrected chi connectivity index (χ0v) is 4.72. The summed E-state index contributed by atoms with van der Waals surface area (Å²) in [5.74, 6) is 0.631. The van der Waals surface area contributed by atoms with Gasteiger partial charge in [0.15, 0.2) is 5.76 Å². The highest BCUT2D eigenvalue weighted by Crippen LogP contribution is 2.25. The van der Waals surface area contributed by atoms with E-state index in [2.05, 4.69) is 9.47 Å². The van der Waals surface area contributed by atoms with E-state index in [9.17, 15) is 4.79 Å². The number of hydrogen-bond acceptors (Lipinski definition) is 3. The molecule has 3 nitrogen and oxygen atoms in total. The molecule has 0 spiro atoms. The lowest BCUT2D eigenvalue weighted by molar-refractivity contribution is -0.137. The standard InChI is InChI=1S/C5H6O3/c1-3-4(8-3)5(6)7-2/h1-2H3. The van der Waals surface area contributed by atoms with Gasteiger partial charge in [0.2, 0.25) is 5.76 Å². The second-order valence-electron chi connectivity index (χ2n) is 1.48. The number of hydrogen-bond donors (Lipinski definition) is 0. The number of rotatable bonds is 1. The van der Waals surface area contributed by atoms with Crippen molar-refractivity contribution in [1.82, 2.24) is 0 Å².